The molecule has 0 atom stereocenters. The molecule has 0 aliphatic heterocycles. The zero-order valence-electron chi connectivity index (χ0n) is 9.91. The first-order chi connectivity index (χ1) is 8.88. The molecule has 0 saturated carbocycles. The number of hydrogen-bond acceptors (Lipinski definition) is 3. The van der Waals surface area contributed by atoms with Crippen LogP contribution in [0.1, 0.15) is 0 Å². The highest BCUT2D eigenvalue weighted by atomic mass is 19.2. The molecule has 19 heavy (non-hydrogen) atoms. The predicted octanol–water partition coefficient (Wildman–Crippen LogP) is 0.493. The maximum Gasteiger partial charge on any atom is 0.313 e. The first-order valence-electron chi connectivity index (χ1n) is 5.19. The third-order valence-corrected chi connectivity index (χ3v) is 2.26. The number of aliphatic hydroxyl groups excluding tert-OH is 1. The third kappa shape index (κ3) is 3.44. The second-order valence-corrected chi connectivity index (χ2v) is 3.63. The molecule has 1 aromatic carbocycles. The number of likely N-dealkylation sites (N-methyl/N-ethyl adjacent to an activating group) is 1. The van der Waals surface area contributed by atoms with Gasteiger partial charge in [0.2, 0.25) is 0 Å². The Balaban J connectivity index is 2.83. The molecule has 104 valence electrons. The summed E-state index contributed by atoms with van der Waals surface area (Å²) in [6.45, 7) is -0.443. The van der Waals surface area contributed by atoms with E-state index in [2.05, 4.69) is 0 Å². The minimum atomic E-state index is -1.74. The van der Waals surface area contributed by atoms with Crippen molar-refractivity contribution in [1.82, 2.24) is 4.90 Å². The number of benzene rings is 1. The molecule has 2 N–H and O–H groups in total. The predicted molar refractivity (Wildman–Crippen MR) is 59.7 cm³/mol. The van der Waals surface area contributed by atoms with Gasteiger partial charge >= 0.3 is 11.8 Å². The van der Waals surface area contributed by atoms with E-state index in [1.165, 1.54) is 7.05 Å². The molecule has 0 aliphatic carbocycles. The number of rotatable bonds is 3. The SMILES string of the molecule is CN(CCO)C(=O)C(=O)Nc1ccc(F)c(F)c1F. The lowest BCUT2D eigenvalue weighted by atomic mass is 10.2. The standard InChI is InChI=1S/C11H11F3N2O3/c1-16(4-5-17)11(19)10(18)15-7-3-2-6(12)8(13)9(7)14/h2-3,17H,4-5H2,1H3,(H,15,18). The van der Waals surface area contributed by atoms with Crippen LogP contribution < -0.4 is 5.32 Å². The molecular weight excluding hydrogens is 265 g/mol. The third-order valence-electron chi connectivity index (χ3n) is 2.26. The molecular formula is C11H11F3N2O3. The van der Waals surface area contributed by atoms with Gasteiger partial charge < -0.3 is 15.3 Å². The molecule has 2 amide bonds. The van der Waals surface area contributed by atoms with Gasteiger partial charge in [0, 0.05) is 13.6 Å². The van der Waals surface area contributed by atoms with E-state index in [4.69, 9.17) is 5.11 Å². The number of nitrogens with zero attached hydrogens (tertiary/aromatic N) is 1. The Morgan fingerprint density at radius 1 is 1.26 bits per heavy atom. The average Bonchev–Trinajstić information content (AvgIpc) is 2.38. The molecule has 0 heterocycles. The Labute approximate surface area is 106 Å². The van der Waals surface area contributed by atoms with Crippen molar-refractivity contribution in [1.29, 1.82) is 0 Å². The van der Waals surface area contributed by atoms with Gasteiger partial charge in [0.05, 0.1) is 12.3 Å². The molecule has 0 aliphatic rings. The first-order valence-corrected chi connectivity index (χ1v) is 5.19. The van der Waals surface area contributed by atoms with Gasteiger partial charge in [-0.3, -0.25) is 9.59 Å². The maximum atomic E-state index is 13.2. The summed E-state index contributed by atoms with van der Waals surface area (Å²) >= 11 is 0. The van der Waals surface area contributed by atoms with Crippen molar-refractivity contribution in [2.45, 2.75) is 0 Å². The smallest absolute Gasteiger partial charge is 0.313 e. The number of amides is 2. The molecule has 0 unspecified atom stereocenters. The van der Waals surface area contributed by atoms with Crippen LogP contribution in [0.4, 0.5) is 18.9 Å². The van der Waals surface area contributed by atoms with Crippen LogP contribution in [0.2, 0.25) is 0 Å². The molecule has 0 radical (unpaired) electrons. The Kier molecular flexibility index (Phi) is 4.87. The quantitative estimate of drug-likeness (QED) is 0.623. The lowest BCUT2D eigenvalue weighted by Gasteiger charge is -2.15. The Bertz CT molecular complexity index is 508. The van der Waals surface area contributed by atoms with Crippen LogP contribution in [0.5, 0.6) is 0 Å². The minimum Gasteiger partial charge on any atom is -0.395 e. The number of aliphatic hydroxyl groups is 1. The maximum absolute atomic E-state index is 13.2. The fraction of sp³-hybridized carbons (Fsp3) is 0.273. The topological polar surface area (TPSA) is 69.6 Å². The molecule has 0 bridgehead atoms. The van der Waals surface area contributed by atoms with Gasteiger partial charge in [-0.1, -0.05) is 0 Å². The lowest BCUT2D eigenvalue weighted by Crippen LogP contribution is -2.38. The molecule has 1 aromatic rings. The first kappa shape index (κ1) is 15.0. The monoisotopic (exact) mass is 276 g/mol. The van der Waals surface area contributed by atoms with Gasteiger partial charge in [-0.05, 0) is 12.1 Å². The van der Waals surface area contributed by atoms with Gasteiger partial charge in [-0.25, -0.2) is 13.2 Å². The van der Waals surface area contributed by atoms with Crippen molar-refractivity contribution in [2.24, 2.45) is 0 Å². The molecule has 0 aromatic heterocycles. The van der Waals surface area contributed by atoms with Crippen LogP contribution in [-0.2, 0) is 9.59 Å². The summed E-state index contributed by atoms with van der Waals surface area (Å²) in [4.78, 5) is 23.7. The highest BCUT2D eigenvalue weighted by Crippen LogP contribution is 2.19. The zero-order valence-corrected chi connectivity index (χ0v) is 9.91. The lowest BCUT2D eigenvalue weighted by molar-refractivity contribution is -0.142. The highest BCUT2D eigenvalue weighted by Gasteiger charge is 2.21. The summed E-state index contributed by atoms with van der Waals surface area (Å²) in [6, 6.07) is 1.42. The number of nitrogens with one attached hydrogen (secondary N) is 1. The number of hydrogen-bond donors (Lipinski definition) is 2. The number of halogens is 3. The number of carbonyl (C=O) groups excluding carboxylic acids is 2. The Morgan fingerprint density at radius 2 is 1.89 bits per heavy atom. The van der Waals surface area contributed by atoms with E-state index in [1.54, 1.807) is 0 Å². The summed E-state index contributed by atoms with van der Waals surface area (Å²) in [5.74, 6) is -7.00. The average molecular weight is 276 g/mol. The number of anilines is 1. The fourth-order valence-electron chi connectivity index (χ4n) is 1.22. The van der Waals surface area contributed by atoms with Crippen molar-refractivity contribution >= 4 is 17.5 Å². The van der Waals surface area contributed by atoms with Crippen LogP contribution in [0.3, 0.4) is 0 Å². The van der Waals surface area contributed by atoms with Crippen molar-refractivity contribution in [3.05, 3.63) is 29.6 Å². The molecule has 5 nitrogen and oxygen atoms in total. The number of carbonyl (C=O) groups is 2. The van der Waals surface area contributed by atoms with Crippen LogP contribution in [-0.4, -0.2) is 42.0 Å². The summed E-state index contributed by atoms with van der Waals surface area (Å²) in [7, 11) is 1.25. The summed E-state index contributed by atoms with van der Waals surface area (Å²) in [5, 5.41) is 10.4. The summed E-state index contributed by atoms with van der Waals surface area (Å²) < 4.78 is 38.8. The van der Waals surface area contributed by atoms with Crippen LogP contribution >= 0.6 is 0 Å². The summed E-state index contributed by atoms with van der Waals surface area (Å²) in [6.07, 6.45) is 0. The minimum absolute atomic E-state index is 0.0908. The van der Waals surface area contributed by atoms with E-state index in [0.717, 1.165) is 11.0 Å². The van der Waals surface area contributed by atoms with Crippen LogP contribution in [0, 0.1) is 17.5 Å². The molecule has 0 spiro atoms. The molecule has 0 saturated heterocycles. The van der Waals surface area contributed by atoms with Gasteiger partial charge in [0.25, 0.3) is 0 Å². The zero-order chi connectivity index (χ0) is 14.6. The van der Waals surface area contributed by atoms with Crippen LogP contribution in [0.25, 0.3) is 0 Å². The largest absolute Gasteiger partial charge is 0.395 e. The second kappa shape index (κ2) is 6.19. The van der Waals surface area contributed by atoms with Gasteiger partial charge in [-0.2, -0.15) is 0 Å². The van der Waals surface area contributed by atoms with Crippen LogP contribution in [0.15, 0.2) is 12.1 Å². The Hall–Kier alpha value is -2.09. The van der Waals surface area contributed by atoms with Gasteiger partial charge in [-0.15, -0.1) is 0 Å². The van der Waals surface area contributed by atoms with E-state index < -0.39 is 35.0 Å². The van der Waals surface area contributed by atoms with Gasteiger partial charge in [0.15, 0.2) is 17.5 Å². The summed E-state index contributed by atoms with van der Waals surface area (Å²) in [5.41, 5.74) is -0.644. The van der Waals surface area contributed by atoms with E-state index in [1.807, 2.05) is 5.32 Å². The fourth-order valence-corrected chi connectivity index (χ4v) is 1.22. The van der Waals surface area contributed by atoms with E-state index in [9.17, 15) is 22.8 Å². The highest BCUT2D eigenvalue weighted by molar-refractivity contribution is 6.39. The molecule has 1 rings (SSSR count). The van der Waals surface area contributed by atoms with Crippen molar-refractivity contribution in [2.75, 3.05) is 25.5 Å². The Morgan fingerprint density at radius 3 is 2.47 bits per heavy atom. The van der Waals surface area contributed by atoms with Crippen molar-refractivity contribution < 1.29 is 27.9 Å². The van der Waals surface area contributed by atoms with E-state index in [0.29, 0.717) is 6.07 Å². The van der Waals surface area contributed by atoms with Gasteiger partial charge in [0.1, 0.15) is 0 Å². The van der Waals surface area contributed by atoms with E-state index >= 15 is 0 Å². The normalized spacial score (nSPS) is 10.2. The molecule has 0 fully saturated rings. The van der Waals surface area contributed by atoms with Crippen molar-refractivity contribution in [3.8, 4) is 0 Å². The second-order valence-electron chi connectivity index (χ2n) is 3.63. The van der Waals surface area contributed by atoms with Crippen molar-refractivity contribution in [3.63, 3.8) is 0 Å². The van der Waals surface area contributed by atoms with E-state index in [-0.39, 0.29) is 13.2 Å². The molecule has 8 heteroatoms.